The average molecular weight is 343 g/mol. The summed E-state index contributed by atoms with van der Waals surface area (Å²) in [5.41, 5.74) is 8.54. The Morgan fingerprint density at radius 3 is 2.23 bits per heavy atom. The predicted molar refractivity (Wildman–Crippen MR) is 108 cm³/mol. The fraction of sp³-hybridized carbons (Fsp3) is 0.217. The molecule has 0 aromatic heterocycles. The van der Waals surface area contributed by atoms with Crippen molar-refractivity contribution in [3.63, 3.8) is 0 Å². The van der Waals surface area contributed by atoms with Gasteiger partial charge in [-0.05, 0) is 37.1 Å². The standard InChI is InChI=1S/C23H25N3/c1-17-13-14-23-20(15-17)24-25(21-11-7-5-9-18(21)2)16-26(23,4)22-12-8-6-10-19(22)3/h5-15H,16H2,1-4H3/q+2/t26-/m0/s1. The number of nitrogens with zero attached hydrogens (tertiary/aromatic N) is 3. The molecule has 1 atom stereocenters. The molecule has 0 aliphatic carbocycles. The summed E-state index contributed by atoms with van der Waals surface area (Å²) < 4.78 is 2.86. The monoisotopic (exact) mass is 343 g/mol. The Hall–Kier alpha value is -2.78. The molecule has 0 N–H and O–H groups in total. The lowest BCUT2D eigenvalue weighted by atomic mass is 10.1. The van der Waals surface area contributed by atoms with Gasteiger partial charge >= 0.3 is 6.67 Å². The smallest absolute Gasteiger partial charge is 0.202 e. The Labute approximate surface area is 155 Å². The normalized spacial score (nSPS) is 19.0. The molecule has 3 aromatic carbocycles. The van der Waals surface area contributed by atoms with Crippen molar-refractivity contribution in [1.82, 2.24) is 4.48 Å². The van der Waals surface area contributed by atoms with E-state index in [1.54, 1.807) is 0 Å². The third-order valence-corrected chi connectivity index (χ3v) is 5.35. The molecule has 1 heterocycles. The molecule has 0 saturated heterocycles. The van der Waals surface area contributed by atoms with Crippen molar-refractivity contribution in [1.29, 1.82) is 0 Å². The maximum atomic E-state index is 5.01. The van der Waals surface area contributed by atoms with Gasteiger partial charge in [0.25, 0.3) is 0 Å². The molecule has 0 spiro atoms. The summed E-state index contributed by atoms with van der Waals surface area (Å²) >= 11 is 0. The van der Waals surface area contributed by atoms with Gasteiger partial charge in [-0.15, -0.1) is 0 Å². The van der Waals surface area contributed by atoms with Crippen LogP contribution in [0.4, 0.5) is 22.7 Å². The van der Waals surface area contributed by atoms with E-state index in [-0.39, 0.29) is 0 Å². The third-order valence-electron chi connectivity index (χ3n) is 5.35. The second-order valence-electron chi connectivity index (χ2n) is 7.40. The number of fused-ring (bicyclic) bond motifs is 1. The van der Waals surface area contributed by atoms with E-state index in [1.165, 1.54) is 28.1 Å². The minimum atomic E-state index is 0.708. The van der Waals surface area contributed by atoms with E-state index < -0.39 is 0 Å². The summed E-state index contributed by atoms with van der Waals surface area (Å²) in [6, 6.07) is 23.7. The summed E-state index contributed by atoms with van der Waals surface area (Å²) in [7, 11) is 2.29. The number of aryl methyl sites for hydroxylation is 3. The van der Waals surface area contributed by atoms with Crippen molar-refractivity contribution in [2.45, 2.75) is 20.8 Å². The van der Waals surface area contributed by atoms with Gasteiger partial charge < -0.3 is 0 Å². The number of quaternary nitrogens is 1. The lowest BCUT2D eigenvalue weighted by molar-refractivity contribution is -0.527. The minimum absolute atomic E-state index is 0.708. The first-order valence-electron chi connectivity index (χ1n) is 9.07. The van der Waals surface area contributed by atoms with Crippen LogP contribution in [0.1, 0.15) is 16.7 Å². The molecule has 0 unspecified atom stereocenters. The molecule has 3 aromatic rings. The summed E-state index contributed by atoms with van der Waals surface area (Å²) in [5, 5.41) is 5.01. The lowest BCUT2D eigenvalue weighted by Crippen LogP contribution is -2.46. The number of para-hydroxylation sites is 2. The van der Waals surface area contributed by atoms with Crippen LogP contribution in [0, 0.1) is 20.8 Å². The Kier molecular flexibility index (Phi) is 3.97. The van der Waals surface area contributed by atoms with Gasteiger partial charge in [-0.25, -0.2) is 4.48 Å². The summed E-state index contributed by atoms with van der Waals surface area (Å²) in [6.07, 6.45) is 0. The van der Waals surface area contributed by atoms with E-state index in [2.05, 4.69) is 99.2 Å². The zero-order chi connectivity index (χ0) is 18.3. The van der Waals surface area contributed by atoms with Crippen LogP contribution in [-0.2, 0) is 0 Å². The largest absolute Gasteiger partial charge is 0.311 e. The highest BCUT2D eigenvalue weighted by Gasteiger charge is 2.42. The maximum absolute atomic E-state index is 5.01. The number of hydrogen-bond acceptors (Lipinski definition) is 1. The molecule has 0 saturated carbocycles. The molecule has 0 bridgehead atoms. The fourth-order valence-corrected chi connectivity index (χ4v) is 3.94. The van der Waals surface area contributed by atoms with E-state index in [0.29, 0.717) is 4.48 Å². The van der Waals surface area contributed by atoms with Gasteiger partial charge in [0, 0.05) is 34.4 Å². The fourth-order valence-electron chi connectivity index (χ4n) is 3.94. The Bertz CT molecular complexity index is 1020. The number of azo groups is 2. The van der Waals surface area contributed by atoms with E-state index in [1.807, 2.05) is 0 Å². The van der Waals surface area contributed by atoms with Crippen molar-refractivity contribution in [3.8, 4) is 0 Å². The minimum Gasteiger partial charge on any atom is -0.202 e. The summed E-state index contributed by atoms with van der Waals surface area (Å²) in [5.74, 6) is 0. The van der Waals surface area contributed by atoms with Crippen LogP contribution in [0.5, 0.6) is 0 Å². The van der Waals surface area contributed by atoms with Crippen molar-refractivity contribution >= 4 is 22.7 Å². The molecule has 0 radical (unpaired) electrons. The second-order valence-corrected chi connectivity index (χ2v) is 7.40. The molecule has 1 aliphatic heterocycles. The molecule has 0 fully saturated rings. The van der Waals surface area contributed by atoms with Crippen molar-refractivity contribution in [3.05, 3.63) is 83.4 Å². The van der Waals surface area contributed by atoms with Gasteiger partial charge in [-0.1, -0.05) is 42.5 Å². The topological polar surface area (TPSA) is 15.4 Å². The van der Waals surface area contributed by atoms with Crippen LogP contribution in [0.25, 0.3) is 0 Å². The molecule has 3 nitrogen and oxygen atoms in total. The third kappa shape index (κ3) is 2.65. The van der Waals surface area contributed by atoms with Crippen LogP contribution in [-0.4, -0.2) is 18.4 Å². The quantitative estimate of drug-likeness (QED) is 0.384. The van der Waals surface area contributed by atoms with E-state index >= 15 is 0 Å². The lowest BCUT2D eigenvalue weighted by Gasteiger charge is -2.34. The van der Waals surface area contributed by atoms with Crippen molar-refractivity contribution < 1.29 is 4.70 Å². The molecule has 0 amide bonds. The highest BCUT2D eigenvalue weighted by Crippen LogP contribution is 2.45. The summed E-state index contributed by atoms with van der Waals surface area (Å²) in [4.78, 5) is 0. The SMILES string of the molecule is Cc1ccc2c(c1)N=[N+](c1ccccc1C)C[N@@+]2(C)c1ccccc1C. The number of benzene rings is 3. The predicted octanol–water partition coefficient (Wildman–Crippen LogP) is 6.28. The second kappa shape index (κ2) is 6.19. The van der Waals surface area contributed by atoms with Crippen LogP contribution in [0.2, 0.25) is 0 Å². The van der Waals surface area contributed by atoms with E-state index in [9.17, 15) is 0 Å². The zero-order valence-electron chi connectivity index (χ0n) is 15.9. The van der Waals surface area contributed by atoms with Crippen LogP contribution >= 0.6 is 0 Å². The number of hydrogen-bond donors (Lipinski definition) is 0. The van der Waals surface area contributed by atoms with E-state index in [4.69, 9.17) is 5.11 Å². The summed E-state index contributed by atoms with van der Waals surface area (Å²) in [6.45, 7) is 7.23. The highest BCUT2D eigenvalue weighted by molar-refractivity contribution is 5.72. The molecular formula is C23H25N3+2. The van der Waals surface area contributed by atoms with Gasteiger partial charge in [0.1, 0.15) is 5.69 Å². The Balaban J connectivity index is 1.97. The molecule has 4 rings (SSSR count). The average Bonchev–Trinajstić information content (AvgIpc) is 2.62. The highest BCUT2D eigenvalue weighted by atomic mass is 15.5. The van der Waals surface area contributed by atoms with Crippen molar-refractivity contribution in [2.24, 2.45) is 5.11 Å². The van der Waals surface area contributed by atoms with Crippen LogP contribution in [0.15, 0.2) is 71.8 Å². The molecule has 26 heavy (non-hydrogen) atoms. The molecule has 1 aliphatic rings. The molecule has 3 heteroatoms. The van der Waals surface area contributed by atoms with E-state index in [0.717, 1.165) is 18.0 Å². The van der Waals surface area contributed by atoms with Gasteiger partial charge in [-0.2, -0.15) is 0 Å². The Morgan fingerprint density at radius 1 is 0.808 bits per heavy atom. The van der Waals surface area contributed by atoms with Gasteiger partial charge in [0.2, 0.25) is 5.69 Å². The number of rotatable bonds is 2. The van der Waals surface area contributed by atoms with Gasteiger partial charge in [0.15, 0.2) is 11.4 Å². The van der Waals surface area contributed by atoms with Crippen LogP contribution in [0.3, 0.4) is 0 Å². The van der Waals surface area contributed by atoms with Crippen LogP contribution < -0.4 is 4.48 Å². The van der Waals surface area contributed by atoms with Gasteiger partial charge in [-0.3, -0.25) is 0 Å². The first-order valence-corrected chi connectivity index (χ1v) is 9.07. The van der Waals surface area contributed by atoms with Gasteiger partial charge in [0.05, 0.1) is 7.05 Å². The Morgan fingerprint density at radius 2 is 1.50 bits per heavy atom. The first kappa shape index (κ1) is 16.7. The van der Waals surface area contributed by atoms with Crippen molar-refractivity contribution in [2.75, 3.05) is 13.7 Å². The molecule has 130 valence electrons. The maximum Gasteiger partial charge on any atom is 0.311 e. The zero-order valence-corrected chi connectivity index (χ0v) is 15.9. The molecular weight excluding hydrogens is 318 g/mol. The first-order chi connectivity index (χ1) is 12.5.